The molecule has 7 heteroatoms. The van der Waals surface area contributed by atoms with Gasteiger partial charge < -0.3 is 20.1 Å². The molecule has 0 aromatic heterocycles. The van der Waals surface area contributed by atoms with Crippen LogP contribution >= 0.6 is 0 Å². The first-order valence-corrected chi connectivity index (χ1v) is 15.9. The lowest BCUT2D eigenvalue weighted by Gasteiger charge is -2.51. The second-order valence-electron chi connectivity index (χ2n) is 11.1. The molecule has 0 fully saturated rings. The second-order valence-corrected chi connectivity index (χ2v) is 11.1. The highest BCUT2D eigenvalue weighted by molar-refractivity contribution is 5.77. The van der Waals surface area contributed by atoms with Crippen LogP contribution in [0.15, 0.2) is 12.2 Å². The molecule has 2 N–H and O–H groups in total. The quantitative estimate of drug-likeness (QED) is 0.0651. The van der Waals surface area contributed by atoms with Gasteiger partial charge in [-0.25, -0.2) is 9.59 Å². The van der Waals surface area contributed by atoms with Gasteiger partial charge in [-0.05, 0) is 38.5 Å². The Morgan fingerprint density at radius 2 is 0.949 bits per heavy atom. The Kier molecular flexibility index (Phi) is 21.8. The molecule has 0 aliphatic heterocycles. The predicted molar refractivity (Wildman–Crippen MR) is 156 cm³/mol. The molecule has 0 rings (SSSR count). The van der Waals surface area contributed by atoms with Gasteiger partial charge in [-0.1, -0.05) is 104 Å². The molecule has 0 aromatic rings. The Morgan fingerprint density at radius 1 is 0.590 bits per heavy atom. The number of allylic oxidation sites excluding steroid dienone is 2. The maximum absolute atomic E-state index is 12.2. The monoisotopic (exact) mass is 553 g/mol. The SMILES string of the molecule is CCCCCCC/C=C/CCCCCCCCCCC[N+](C(CC)C(=O)[O-])(C(CC)C(=O)O)C(CC)C(=O)O. The van der Waals surface area contributed by atoms with Crippen LogP contribution in [0.5, 0.6) is 0 Å². The summed E-state index contributed by atoms with van der Waals surface area (Å²) in [5.74, 6) is -3.65. The van der Waals surface area contributed by atoms with Crippen molar-refractivity contribution in [1.82, 2.24) is 0 Å². The number of carboxylic acid groups (broad SMARTS) is 3. The van der Waals surface area contributed by atoms with Gasteiger partial charge in [-0.3, -0.25) is 4.48 Å². The molecule has 0 spiro atoms. The Bertz CT molecular complexity index is 637. The molecular formula is C32H59NO6. The van der Waals surface area contributed by atoms with Crippen LogP contribution in [-0.2, 0) is 14.4 Å². The number of carbonyl (C=O) groups excluding carboxylic acids is 1. The molecule has 0 saturated carbocycles. The van der Waals surface area contributed by atoms with E-state index in [1.807, 2.05) is 0 Å². The number of hydrogen-bond acceptors (Lipinski definition) is 4. The highest BCUT2D eigenvalue weighted by atomic mass is 16.4. The number of carbonyl (C=O) groups is 3. The number of rotatable bonds is 27. The molecule has 3 atom stereocenters. The van der Waals surface area contributed by atoms with E-state index < -0.39 is 40.5 Å². The maximum atomic E-state index is 12.2. The van der Waals surface area contributed by atoms with E-state index in [2.05, 4.69) is 19.1 Å². The van der Waals surface area contributed by atoms with E-state index in [-0.39, 0.29) is 25.8 Å². The summed E-state index contributed by atoms with van der Waals surface area (Å²) in [5, 5.41) is 32.1. The summed E-state index contributed by atoms with van der Waals surface area (Å²) in [5.41, 5.74) is 0. The summed E-state index contributed by atoms with van der Waals surface area (Å²) in [7, 11) is 0. The summed E-state index contributed by atoms with van der Waals surface area (Å²) >= 11 is 0. The lowest BCUT2D eigenvalue weighted by molar-refractivity contribution is -0.974. The fraction of sp³-hybridized carbons (Fsp3) is 0.844. The zero-order chi connectivity index (χ0) is 29.5. The lowest BCUT2D eigenvalue weighted by Crippen LogP contribution is -2.73. The van der Waals surface area contributed by atoms with Crippen LogP contribution < -0.4 is 5.11 Å². The molecule has 0 saturated heterocycles. The van der Waals surface area contributed by atoms with Crippen LogP contribution in [0.3, 0.4) is 0 Å². The van der Waals surface area contributed by atoms with Crippen molar-refractivity contribution in [3.05, 3.63) is 12.2 Å². The van der Waals surface area contributed by atoms with Gasteiger partial charge >= 0.3 is 11.9 Å². The van der Waals surface area contributed by atoms with E-state index in [0.717, 1.165) is 25.7 Å². The van der Waals surface area contributed by atoms with Crippen molar-refractivity contribution in [3.63, 3.8) is 0 Å². The molecule has 0 aliphatic rings. The van der Waals surface area contributed by atoms with Crippen LogP contribution in [-0.4, -0.2) is 57.3 Å². The van der Waals surface area contributed by atoms with Crippen LogP contribution in [0.2, 0.25) is 0 Å². The number of quaternary nitrogens is 1. The number of nitrogens with zero attached hydrogens (tertiary/aromatic N) is 1. The topological polar surface area (TPSA) is 115 Å². The van der Waals surface area contributed by atoms with Gasteiger partial charge in [0.2, 0.25) is 0 Å². The first kappa shape index (κ1) is 37.1. The molecule has 7 nitrogen and oxygen atoms in total. The summed E-state index contributed by atoms with van der Waals surface area (Å²) in [6.45, 7) is 7.51. The third-order valence-corrected chi connectivity index (χ3v) is 8.30. The van der Waals surface area contributed by atoms with Crippen LogP contribution in [0.4, 0.5) is 0 Å². The zero-order valence-electron chi connectivity index (χ0n) is 25.5. The number of carboxylic acids is 3. The minimum Gasteiger partial charge on any atom is -0.544 e. The normalized spacial score (nSPS) is 15.6. The highest BCUT2D eigenvalue weighted by Gasteiger charge is 2.53. The molecule has 0 radical (unpaired) electrons. The van der Waals surface area contributed by atoms with E-state index in [1.54, 1.807) is 20.8 Å². The second kappa shape index (κ2) is 22.9. The molecule has 3 unspecified atom stereocenters. The molecule has 0 bridgehead atoms. The van der Waals surface area contributed by atoms with Crippen LogP contribution in [0.25, 0.3) is 0 Å². The van der Waals surface area contributed by atoms with E-state index in [1.165, 1.54) is 70.6 Å². The van der Waals surface area contributed by atoms with Crippen molar-refractivity contribution in [1.29, 1.82) is 0 Å². The van der Waals surface area contributed by atoms with Crippen molar-refractivity contribution >= 4 is 17.9 Å². The summed E-state index contributed by atoms with van der Waals surface area (Å²) in [4.78, 5) is 36.6. The summed E-state index contributed by atoms with van der Waals surface area (Å²) in [6.07, 6.45) is 23.8. The smallest absolute Gasteiger partial charge is 0.362 e. The number of hydrogen-bond donors (Lipinski definition) is 2. The Labute approximate surface area is 238 Å². The van der Waals surface area contributed by atoms with Gasteiger partial charge in [0.25, 0.3) is 0 Å². The third-order valence-electron chi connectivity index (χ3n) is 8.30. The van der Waals surface area contributed by atoms with Crippen molar-refractivity contribution < 1.29 is 34.2 Å². The number of unbranched alkanes of at least 4 members (excludes halogenated alkanes) is 14. The summed E-state index contributed by atoms with van der Waals surface area (Å²) < 4.78 is -0.468. The van der Waals surface area contributed by atoms with Gasteiger partial charge in [0.1, 0.15) is 6.04 Å². The van der Waals surface area contributed by atoms with Gasteiger partial charge in [0.15, 0.2) is 12.1 Å². The van der Waals surface area contributed by atoms with Gasteiger partial charge in [-0.2, -0.15) is 0 Å². The number of aliphatic carboxylic acids is 3. The minimum absolute atomic E-state index is 0.130. The first-order valence-electron chi connectivity index (χ1n) is 15.9. The third kappa shape index (κ3) is 13.8. The lowest BCUT2D eigenvalue weighted by atomic mass is 9.93. The van der Waals surface area contributed by atoms with Gasteiger partial charge in [-0.15, -0.1) is 0 Å². The summed E-state index contributed by atoms with van der Waals surface area (Å²) in [6, 6.07) is -3.38. The van der Waals surface area contributed by atoms with Crippen molar-refractivity contribution in [3.8, 4) is 0 Å². The average molecular weight is 554 g/mol. The van der Waals surface area contributed by atoms with Crippen molar-refractivity contribution in [2.24, 2.45) is 0 Å². The fourth-order valence-electron chi connectivity index (χ4n) is 6.25. The molecule has 0 aromatic carbocycles. The molecular weight excluding hydrogens is 494 g/mol. The first-order chi connectivity index (χ1) is 18.7. The Balaban J connectivity index is 4.59. The molecule has 0 amide bonds. The molecule has 39 heavy (non-hydrogen) atoms. The standard InChI is InChI=1S/C32H59NO6/c1-5-9-10-11-12-13-14-15-16-17-18-19-20-21-22-23-24-25-26-33(27(6-2)30(34)35,28(7-3)31(36)37)29(8-4)32(38)39/h14-15,27-29H,5-13,16-26H2,1-4H3,(H2-,34,35,36,37,38,39)/b15-14+. The van der Waals surface area contributed by atoms with E-state index in [0.29, 0.717) is 6.42 Å². The van der Waals surface area contributed by atoms with Crippen LogP contribution in [0, 0.1) is 0 Å². The largest absolute Gasteiger partial charge is 0.544 e. The van der Waals surface area contributed by atoms with Crippen LogP contribution in [0.1, 0.15) is 150 Å². The fourth-order valence-corrected chi connectivity index (χ4v) is 6.25. The Morgan fingerprint density at radius 3 is 1.28 bits per heavy atom. The zero-order valence-corrected chi connectivity index (χ0v) is 25.5. The molecule has 0 heterocycles. The molecule has 0 aliphatic carbocycles. The average Bonchev–Trinajstić information content (AvgIpc) is 2.88. The van der Waals surface area contributed by atoms with E-state index in [9.17, 15) is 29.7 Å². The predicted octanol–water partition coefficient (Wildman–Crippen LogP) is 6.88. The van der Waals surface area contributed by atoms with Gasteiger partial charge in [0, 0.05) is 19.3 Å². The van der Waals surface area contributed by atoms with E-state index in [4.69, 9.17) is 0 Å². The van der Waals surface area contributed by atoms with Gasteiger partial charge in [0.05, 0.1) is 12.5 Å². The van der Waals surface area contributed by atoms with E-state index >= 15 is 0 Å². The Hall–Kier alpha value is -1.89. The maximum Gasteiger partial charge on any atom is 0.362 e. The highest BCUT2D eigenvalue weighted by Crippen LogP contribution is 2.32. The van der Waals surface area contributed by atoms with Crippen molar-refractivity contribution in [2.45, 2.75) is 168 Å². The minimum atomic E-state index is -1.37. The molecule has 228 valence electrons. The van der Waals surface area contributed by atoms with Crippen molar-refractivity contribution in [2.75, 3.05) is 6.54 Å².